The quantitative estimate of drug-likeness (QED) is 0.751. The van der Waals surface area contributed by atoms with E-state index in [0.717, 1.165) is 25.0 Å². The average Bonchev–Trinajstić information content (AvgIpc) is 2.54. The number of rotatable bonds is 3. The summed E-state index contributed by atoms with van der Waals surface area (Å²) >= 11 is 0. The molecule has 0 aliphatic heterocycles. The van der Waals surface area contributed by atoms with E-state index in [-0.39, 0.29) is 6.10 Å². The molecule has 1 saturated carbocycles. The SMILES string of the molecule is CC(C)Oc1ccc(C2CCCCC(=O)C2)cc1. The molecule has 2 nitrogen and oxygen atoms in total. The largest absolute Gasteiger partial charge is 0.491 e. The molecule has 0 bridgehead atoms. The summed E-state index contributed by atoms with van der Waals surface area (Å²) < 4.78 is 5.64. The van der Waals surface area contributed by atoms with Crippen molar-refractivity contribution in [3.05, 3.63) is 29.8 Å². The van der Waals surface area contributed by atoms with Crippen molar-refractivity contribution in [2.75, 3.05) is 0 Å². The highest BCUT2D eigenvalue weighted by molar-refractivity contribution is 5.79. The first-order valence-electron chi connectivity index (χ1n) is 6.93. The van der Waals surface area contributed by atoms with Crippen molar-refractivity contribution in [3.8, 4) is 5.75 Å². The maximum absolute atomic E-state index is 11.7. The second kappa shape index (κ2) is 6.03. The Hall–Kier alpha value is -1.31. The van der Waals surface area contributed by atoms with Gasteiger partial charge in [-0.05, 0) is 50.3 Å². The lowest BCUT2D eigenvalue weighted by Crippen LogP contribution is -2.06. The molecule has 1 aromatic rings. The van der Waals surface area contributed by atoms with Gasteiger partial charge >= 0.3 is 0 Å². The van der Waals surface area contributed by atoms with Gasteiger partial charge in [0.25, 0.3) is 0 Å². The number of carbonyl (C=O) groups is 1. The zero-order valence-electron chi connectivity index (χ0n) is 11.3. The van der Waals surface area contributed by atoms with Gasteiger partial charge in [0.05, 0.1) is 6.10 Å². The summed E-state index contributed by atoms with van der Waals surface area (Å²) in [6.45, 7) is 4.05. The average molecular weight is 246 g/mol. The van der Waals surface area contributed by atoms with Crippen molar-refractivity contribution in [2.24, 2.45) is 0 Å². The molecule has 0 aromatic heterocycles. The van der Waals surface area contributed by atoms with E-state index in [2.05, 4.69) is 12.1 Å². The number of hydrogen-bond donors (Lipinski definition) is 0. The van der Waals surface area contributed by atoms with Crippen LogP contribution in [0.25, 0.3) is 0 Å². The van der Waals surface area contributed by atoms with Gasteiger partial charge in [0, 0.05) is 12.8 Å². The second-order valence-electron chi connectivity index (χ2n) is 5.42. The molecule has 1 aliphatic carbocycles. The monoisotopic (exact) mass is 246 g/mol. The molecule has 1 aromatic carbocycles. The predicted octanol–water partition coefficient (Wildman–Crippen LogP) is 4.09. The number of benzene rings is 1. The standard InChI is InChI=1S/C16H22O2/c1-12(2)18-16-9-7-13(8-10-16)14-5-3-4-6-15(17)11-14/h7-10,12,14H,3-6,11H2,1-2H3. The number of ether oxygens (including phenoxy) is 1. The first-order chi connectivity index (χ1) is 8.65. The van der Waals surface area contributed by atoms with Gasteiger partial charge in [-0.15, -0.1) is 0 Å². The lowest BCUT2D eigenvalue weighted by molar-refractivity contribution is -0.119. The van der Waals surface area contributed by atoms with Crippen LogP contribution in [0.15, 0.2) is 24.3 Å². The fourth-order valence-electron chi connectivity index (χ4n) is 2.57. The Balaban J connectivity index is 2.05. The topological polar surface area (TPSA) is 26.3 Å². The Labute approximate surface area is 109 Å². The van der Waals surface area contributed by atoms with Crippen molar-refractivity contribution in [1.82, 2.24) is 0 Å². The van der Waals surface area contributed by atoms with E-state index in [9.17, 15) is 4.79 Å². The first kappa shape index (κ1) is 13.1. The molecule has 0 radical (unpaired) electrons. The minimum absolute atomic E-state index is 0.204. The van der Waals surface area contributed by atoms with Crippen LogP contribution in [-0.2, 0) is 4.79 Å². The Morgan fingerprint density at radius 2 is 1.89 bits per heavy atom. The first-order valence-corrected chi connectivity index (χ1v) is 6.93. The number of ketones is 1. The van der Waals surface area contributed by atoms with Crippen LogP contribution in [0.2, 0.25) is 0 Å². The maximum atomic E-state index is 11.7. The molecule has 0 heterocycles. The Kier molecular flexibility index (Phi) is 4.40. The third kappa shape index (κ3) is 3.59. The van der Waals surface area contributed by atoms with E-state index >= 15 is 0 Å². The highest BCUT2D eigenvalue weighted by Crippen LogP contribution is 2.31. The van der Waals surface area contributed by atoms with Crippen molar-refractivity contribution < 1.29 is 9.53 Å². The molecule has 98 valence electrons. The summed E-state index contributed by atoms with van der Waals surface area (Å²) in [5.74, 6) is 1.74. The van der Waals surface area contributed by atoms with Gasteiger partial charge in [-0.1, -0.05) is 18.6 Å². The zero-order valence-corrected chi connectivity index (χ0v) is 11.3. The molecule has 0 N–H and O–H groups in total. The van der Waals surface area contributed by atoms with Crippen molar-refractivity contribution in [1.29, 1.82) is 0 Å². The van der Waals surface area contributed by atoms with Gasteiger partial charge in [-0.3, -0.25) is 4.79 Å². The lowest BCUT2D eigenvalue weighted by Gasteiger charge is -2.15. The molecule has 0 spiro atoms. The summed E-state index contributed by atoms with van der Waals surface area (Å²) in [6.07, 6.45) is 5.05. The van der Waals surface area contributed by atoms with E-state index in [1.54, 1.807) is 0 Å². The van der Waals surface area contributed by atoms with E-state index in [4.69, 9.17) is 4.74 Å². The minimum atomic E-state index is 0.204. The van der Waals surface area contributed by atoms with Crippen molar-refractivity contribution in [3.63, 3.8) is 0 Å². The van der Waals surface area contributed by atoms with Crippen LogP contribution in [0.1, 0.15) is 57.4 Å². The molecule has 0 amide bonds. The highest BCUT2D eigenvalue weighted by atomic mass is 16.5. The molecule has 18 heavy (non-hydrogen) atoms. The molecular formula is C16H22O2. The smallest absolute Gasteiger partial charge is 0.133 e. The summed E-state index contributed by atoms with van der Waals surface area (Å²) in [5.41, 5.74) is 1.28. The summed E-state index contributed by atoms with van der Waals surface area (Å²) in [5, 5.41) is 0. The number of Topliss-reactive ketones (excluding diaryl/α,β-unsaturated/α-hetero) is 1. The van der Waals surface area contributed by atoms with Crippen LogP contribution in [0, 0.1) is 0 Å². The van der Waals surface area contributed by atoms with E-state index in [1.165, 1.54) is 12.0 Å². The van der Waals surface area contributed by atoms with E-state index < -0.39 is 0 Å². The predicted molar refractivity (Wildman–Crippen MR) is 73.0 cm³/mol. The molecule has 1 unspecified atom stereocenters. The zero-order chi connectivity index (χ0) is 13.0. The van der Waals surface area contributed by atoms with Crippen LogP contribution in [0.4, 0.5) is 0 Å². The van der Waals surface area contributed by atoms with E-state index in [0.29, 0.717) is 18.1 Å². The normalized spacial score (nSPS) is 20.8. The highest BCUT2D eigenvalue weighted by Gasteiger charge is 2.19. The Morgan fingerprint density at radius 3 is 2.56 bits per heavy atom. The van der Waals surface area contributed by atoms with Crippen molar-refractivity contribution >= 4 is 5.78 Å². The molecule has 1 aliphatic rings. The second-order valence-corrected chi connectivity index (χ2v) is 5.42. The van der Waals surface area contributed by atoms with Crippen LogP contribution in [-0.4, -0.2) is 11.9 Å². The van der Waals surface area contributed by atoms with Gasteiger partial charge in [0.15, 0.2) is 0 Å². The van der Waals surface area contributed by atoms with Crippen LogP contribution >= 0.6 is 0 Å². The Bertz CT molecular complexity index is 392. The number of carbonyl (C=O) groups excluding carboxylic acids is 1. The molecule has 2 heteroatoms. The molecule has 1 fully saturated rings. The van der Waals surface area contributed by atoms with Gasteiger partial charge < -0.3 is 4.74 Å². The summed E-state index contributed by atoms with van der Waals surface area (Å²) in [4.78, 5) is 11.7. The lowest BCUT2D eigenvalue weighted by atomic mass is 9.91. The third-order valence-corrected chi connectivity index (χ3v) is 3.46. The molecule has 0 saturated heterocycles. The summed E-state index contributed by atoms with van der Waals surface area (Å²) in [7, 11) is 0. The third-order valence-electron chi connectivity index (χ3n) is 3.46. The van der Waals surface area contributed by atoms with Gasteiger partial charge in [-0.25, -0.2) is 0 Å². The van der Waals surface area contributed by atoms with Gasteiger partial charge in [0.1, 0.15) is 11.5 Å². The summed E-state index contributed by atoms with van der Waals surface area (Å²) in [6, 6.07) is 8.26. The van der Waals surface area contributed by atoms with E-state index in [1.807, 2.05) is 26.0 Å². The minimum Gasteiger partial charge on any atom is -0.491 e. The van der Waals surface area contributed by atoms with Gasteiger partial charge in [0.2, 0.25) is 0 Å². The van der Waals surface area contributed by atoms with Gasteiger partial charge in [-0.2, -0.15) is 0 Å². The van der Waals surface area contributed by atoms with Crippen molar-refractivity contribution in [2.45, 2.75) is 58.0 Å². The van der Waals surface area contributed by atoms with Crippen LogP contribution in [0.3, 0.4) is 0 Å². The number of hydrogen-bond acceptors (Lipinski definition) is 2. The maximum Gasteiger partial charge on any atom is 0.133 e. The molecule has 1 atom stereocenters. The molecule has 2 rings (SSSR count). The fraction of sp³-hybridized carbons (Fsp3) is 0.562. The van der Waals surface area contributed by atoms with Crippen LogP contribution < -0.4 is 4.74 Å². The fourth-order valence-corrected chi connectivity index (χ4v) is 2.57. The molecular weight excluding hydrogens is 224 g/mol. The van der Waals surface area contributed by atoms with Crippen LogP contribution in [0.5, 0.6) is 5.75 Å². The Morgan fingerprint density at radius 1 is 1.17 bits per heavy atom.